The summed E-state index contributed by atoms with van der Waals surface area (Å²) in [6.07, 6.45) is 0.403. The number of carbonyl (C=O) groups excluding carboxylic acids is 1. The molecular formula is C24H25NO2. The summed E-state index contributed by atoms with van der Waals surface area (Å²) in [5, 5.41) is 2.99. The van der Waals surface area contributed by atoms with Crippen LogP contribution in [0, 0.1) is 6.92 Å². The fourth-order valence-corrected chi connectivity index (χ4v) is 2.84. The zero-order valence-corrected chi connectivity index (χ0v) is 15.7. The van der Waals surface area contributed by atoms with Crippen LogP contribution in [0.25, 0.3) is 0 Å². The Labute approximate surface area is 161 Å². The fourth-order valence-electron chi connectivity index (χ4n) is 2.84. The van der Waals surface area contributed by atoms with Gasteiger partial charge in [-0.1, -0.05) is 84.4 Å². The second-order valence-corrected chi connectivity index (χ2v) is 6.74. The molecule has 0 aromatic heterocycles. The first-order chi connectivity index (χ1) is 13.2. The molecule has 3 heteroatoms. The van der Waals surface area contributed by atoms with Crippen molar-refractivity contribution in [3.63, 3.8) is 0 Å². The third-order valence-corrected chi connectivity index (χ3v) is 4.35. The van der Waals surface area contributed by atoms with Crippen LogP contribution in [0.3, 0.4) is 0 Å². The van der Waals surface area contributed by atoms with Crippen LogP contribution in [0.5, 0.6) is 0 Å². The van der Waals surface area contributed by atoms with Gasteiger partial charge < -0.3 is 10.1 Å². The molecule has 138 valence electrons. The predicted octanol–water partition coefficient (Wildman–Crippen LogP) is 4.57. The van der Waals surface area contributed by atoms with E-state index in [2.05, 4.69) is 23.5 Å². The van der Waals surface area contributed by atoms with Crippen molar-refractivity contribution in [1.82, 2.24) is 5.32 Å². The van der Waals surface area contributed by atoms with Gasteiger partial charge in [-0.05, 0) is 29.2 Å². The standard InChI is InChI=1S/C24H25NO2/c1-19-10-12-20(13-11-19)15-24(26)25-16-22-8-5-9-23(14-22)18-27-17-21-6-3-2-4-7-21/h2-14H,15-18H2,1H3,(H,25,26). The molecule has 3 rings (SSSR count). The van der Waals surface area contributed by atoms with Gasteiger partial charge in [-0.25, -0.2) is 0 Å². The maximum atomic E-state index is 12.1. The summed E-state index contributed by atoms with van der Waals surface area (Å²) in [6, 6.07) is 26.3. The highest BCUT2D eigenvalue weighted by molar-refractivity contribution is 5.78. The number of nitrogens with one attached hydrogen (secondary N) is 1. The van der Waals surface area contributed by atoms with Gasteiger partial charge in [0.1, 0.15) is 0 Å². The van der Waals surface area contributed by atoms with Crippen LogP contribution >= 0.6 is 0 Å². The molecule has 0 spiro atoms. The highest BCUT2D eigenvalue weighted by Gasteiger charge is 2.04. The molecule has 0 atom stereocenters. The number of carbonyl (C=O) groups is 1. The quantitative estimate of drug-likeness (QED) is 0.640. The van der Waals surface area contributed by atoms with Crippen LogP contribution in [-0.4, -0.2) is 5.91 Å². The molecule has 1 N–H and O–H groups in total. The van der Waals surface area contributed by atoms with Crippen molar-refractivity contribution in [3.05, 3.63) is 107 Å². The summed E-state index contributed by atoms with van der Waals surface area (Å²) < 4.78 is 5.79. The van der Waals surface area contributed by atoms with E-state index in [9.17, 15) is 4.79 Å². The first-order valence-electron chi connectivity index (χ1n) is 9.21. The van der Waals surface area contributed by atoms with Crippen molar-refractivity contribution in [1.29, 1.82) is 0 Å². The minimum Gasteiger partial charge on any atom is -0.372 e. The smallest absolute Gasteiger partial charge is 0.224 e. The molecule has 0 saturated heterocycles. The second-order valence-electron chi connectivity index (χ2n) is 6.74. The number of rotatable bonds is 8. The van der Waals surface area contributed by atoms with Gasteiger partial charge in [-0.15, -0.1) is 0 Å². The van der Waals surface area contributed by atoms with E-state index in [1.165, 1.54) is 5.56 Å². The second kappa shape index (κ2) is 9.70. The lowest BCUT2D eigenvalue weighted by atomic mass is 10.1. The van der Waals surface area contributed by atoms with E-state index in [0.717, 1.165) is 22.3 Å². The van der Waals surface area contributed by atoms with Crippen molar-refractivity contribution >= 4 is 5.91 Å². The summed E-state index contributed by atoms with van der Waals surface area (Å²) in [4.78, 5) is 12.1. The van der Waals surface area contributed by atoms with Crippen LogP contribution < -0.4 is 5.32 Å². The molecular weight excluding hydrogens is 334 g/mol. The van der Waals surface area contributed by atoms with E-state index in [0.29, 0.717) is 26.2 Å². The van der Waals surface area contributed by atoms with E-state index in [1.54, 1.807) is 0 Å². The molecule has 3 nitrogen and oxygen atoms in total. The molecule has 0 saturated carbocycles. The molecule has 0 aliphatic rings. The van der Waals surface area contributed by atoms with E-state index in [4.69, 9.17) is 4.74 Å². The largest absolute Gasteiger partial charge is 0.372 e. The number of amides is 1. The van der Waals surface area contributed by atoms with Gasteiger partial charge in [0, 0.05) is 6.54 Å². The zero-order valence-electron chi connectivity index (χ0n) is 15.7. The molecule has 0 bridgehead atoms. The lowest BCUT2D eigenvalue weighted by Gasteiger charge is -2.09. The van der Waals surface area contributed by atoms with Crippen LogP contribution in [0.4, 0.5) is 0 Å². The Morgan fingerprint density at radius 1 is 0.778 bits per heavy atom. The molecule has 1 amide bonds. The molecule has 0 unspecified atom stereocenters. The lowest BCUT2D eigenvalue weighted by Crippen LogP contribution is -2.24. The van der Waals surface area contributed by atoms with Crippen molar-refractivity contribution in [2.45, 2.75) is 33.1 Å². The summed E-state index contributed by atoms with van der Waals surface area (Å²) in [6.45, 7) is 3.72. The van der Waals surface area contributed by atoms with Crippen LogP contribution in [0.1, 0.15) is 27.8 Å². The number of aryl methyl sites for hydroxylation is 1. The normalized spacial score (nSPS) is 10.6. The number of ether oxygens (including phenoxy) is 1. The molecule has 27 heavy (non-hydrogen) atoms. The van der Waals surface area contributed by atoms with E-state index in [-0.39, 0.29) is 5.91 Å². The Bertz CT molecular complexity index is 857. The van der Waals surface area contributed by atoms with Crippen molar-refractivity contribution < 1.29 is 9.53 Å². The van der Waals surface area contributed by atoms with Gasteiger partial charge in [0.05, 0.1) is 19.6 Å². The molecule has 0 aliphatic heterocycles. The number of hydrogen-bond acceptors (Lipinski definition) is 2. The third kappa shape index (κ3) is 6.39. The topological polar surface area (TPSA) is 38.3 Å². The first kappa shape index (κ1) is 18.9. The Kier molecular flexibility index (Phi) is 6.78. The van der Waals surface area contributed by atoms with Gasteiger partial charge in [0.15, 0.2) is 0 Å². The van der Waals surface area contributed by atoms with Gasteiger partial charge in [0.25, 0.3) is 0 Å². The summed E-state index contributed by atoms with van der Waals surface area (Å²) >= 11 is 0. The summed E-state index contributed by atoms with van der Waals surface area (Å²) in [5.74, 6) is 0.0320. The minimum absolute atomic E-state index is 0.0320. The fraction of sp³-hybridized carbons (Fsp3) is 0.208. The summed E-state index contributed by atoms with van der Waals surface area (Å²) in [5.41, 5.74) is 5.58. The van der Waals surface area contributed by atoms with Crippen LogP contribution in [0.2, 0.25) is 0 Å². The minimum atomic E-state index is 0.0320. The van der Waals surface area contributed by atoms with Crippen LogP contribution in [0.15, 0.2) is 78.9 Å². The van der Waals surface area contributed by atoms with E-state index in [1.807, 2.05) is 67.6 Å². The molecule has 3 aromatic rings. The lowest BCUT2D eigenvalue weighted by molar-refractivity contribution is -0.120. The Hall–Kier alpha value is -2.91. The zero-order chi connectivity index (χ0) is 18.9. The summed E-state index contributed by atoms with van der Waals surface area (Å²) in [7, 11) is 0. The van der Waals surface area contributed by atoms with Crippen molar-refractivity contribution in [3.8, 4) is 0 Å². The molecule has 0 fully saturated rings. The predicted molar refractivity (Wildman–Crippen MR) is 108 cm³/mol. The van der Waals surface area contributed by atoms with Gasteiger partial charge in [-0.2, -0.15) is 0 Å². The highest BCUT2D eigenvalue weighted by atomic mass is 16.5. The highest BCUT2D eigenvalue weighted by Crippen LogP contribution is 2.09. The maximum Gasteiger partial charge on any atom is 0.224 e. The average Bonchev–Trinajstić information content (AvgIpc) is 2.69. The average molecular weight is 359 g/mol. The molecule has 0 heterocycles. The number of benzene rings is 3. The number of hydrogen-bond donors (Lipinski definition) is 1. The van der Waals surface area contributed by atoms with Gasteiger partial charge in [-0.3, -0.25) is 4.79 Å². The maximum absolute atomic E-state index is 12.1. The Balaban J connectivity index is 1.45. The van der Waals surface area contributed by atoms with E-state index < -0.39 is 0 Å². The van der Waals surface area contributed by atoms with Crippen molar-refractivity contribution in [2.24, 2.45) is 0 Å². The van der Waals surface area contributed by atoms with Crippen LogP contribution in [-0.2, 0) is 35.7 Å². The van der Waals surface area contributed by atoms with Gasteiger partial charge in [0.2, 0.25) is 5.91 Å². The van der Waals surface area contributed by atoms with Crippen molar-refractivity contribution in [2.75, 3.05) is 0 Å². The molecule has 0 aliphatic carbocycles. The SMILES string of the molecule is Cc1ccc(CC(=O)NCc2cccc(COCc3ccccc3)c2)cc1. The third-order valence-electron chi connectivity index (χ3n) is 4.35. The van der Waals surface area contributed by atoms with E-state index >= 15 is 0 Å². The molecule has 0 radical (unpaired) electrons. The first-order valence-corrected chi connectivity index (χ1v) is 9.21. The van der Waals surface area contributed by atoms with Gasteiger partial charge >= 0.3 is 0 Å². The molecule has 3 aromatic carbocycles. The Morgan fingerprint density at radius 3 is 2.22 bits per heavy atom. The Morgan fingerprint density at radius 2 is 1.44 bits per heavy atom. The monoisotopic (exact) mass is 359 g/mol.